The number of nitrogens with zero attached hydrogens (tertiary/aromatic N) is 6. The number of carboxylic acids is 1. The molecule has 3 heterocycles. The molecule has 3 aromatic rings. The second kappa shape index (κ2) is 7.32. The zero-order chi connectivity index (χ0) is 19.4. The molecule has 11 nitrogen and oxygen atoms in total. The number of aryl methyl sites for hydroxylation is 1. The zero-order valence-electron chi connectivity index (χ0n) is 14.7. The number of amides is 1. The molecule has 0 aromatic carbocycles. The summed E-state index contributed by atoms with van der Waals surface area (Å²) < 4.78 is 6.36. The summed E-state index contributed by atoms with van der Waals surface area (Å²) in [6.45, 7) is 3.02. The van der Waals surface area contributed by atoms with Crippen molar-refractivity contribution in [1.29, 1.82) is 0 Å². The molecule has 0 aliphatic rings. The molecule has 11 heteroatoms. The van der Waals surface area contributed by atoms with Crippen molar-refractivity contribution in [1.82, 2.24) is 29.9 Å². The molecule has 0 aliphatic carbocycles. The summed E-state index contributed by atoms with van der Waals surface area (Å²) in [5.74, 6) is -0.444. The van der Waals surface area contributed by atoms with Crippen LogP contribution in [-0.4, -0.2) is 46.9 Å². The van der Waals surface area contributed by atoms with E-state index >= 15 is 0 Å². The molecular weight excluding hydrogens is 354 g/mol. The number of carboxylic acid groups (broad SMARTS) is 1. The highest BCUT2D eigenvalue weighted by Gasteiger charge is 2.30. The molecule has 0 radical (unpaired) electrons. The predicted molar refractivity (Wildman–Crippen MR) is 91.5 cm³/mol. The van der Waals surface area contributed by atoms with Crippen molar-refractivity contribution in [3.05, 3.63) is 36.7 Å². The van der Waals surface area contributed by atoms with Crippen LogP contribution in [0.3, 0.4) is 0 Å². The van der Waals surface area contributed by atoms with Gasteiger partial charge in [0.05, 0.1) is 11.9 Å². The van der Waals surface area contributed by atoms with Crippen LogP contribution in [-0.2, 0) is 21.5 Å². The van der Waals surface area contributed by atoms with Crippen LogP contribution in [0.15, 0.2) is 35.4 Å². The Morgan fingerprint density at radius 3 is 2.70 bits per heavy atom. The molecule has 140 valence electrons. The van der Waals surface area contributed by atoms with Crippen LogP contribution < -0.4 is 5.32 Å². The Kier molecular flexibility index (Phi) is 4.92. The molecule has 0 bridgehead atoms. The minimum Gasteiger partial charge on any atom is -0.479 e. The first-order chi connectivity index (χ1) is 12.9. The first-order valence-corrected chi connectivity index (χ1v) is 8.04. The molecule has 0 aliphatic heterocycles. The lowest BCUT2D eigenvalue weighted by molar-refractivity contribution is -0.146. The van der Waals surface area contributed by atoms with Crippen molar-refractivity contribution < 1.29 is 19.2 Å². The molecule has 27 heavy (non-hydrogen) atoms. The van der Waals surface area contributed by atoms with Crippen LogP contribution in [0.5, 0.6) is 0 Å². The predicted octanol–water partition coefficient (Wildman–Crippen LogP) is 1.11. The van der Waals surface area contributed by atoms with Crippen molar-refractivity contribution >= 4 is 17.6 Å². The lowest BCUT2D eigenvalue weighted by Gasteiger charge is -2.19. The van der Waals surface area contributed by atoms with E-state index in [1.165, 1.54) is 30.9 Å². The Balaban J connectivity index is 1.56. The number of anilines is 1. The van der Waals surface area contributed by atoms with E-state index in [1.54, 1.807) is 18.5 Å². The maximum absolute atomic E-state index is 12.1. The van der Waals surface area contributed by atoms with Crippen molar-refractivity contribution in [3.8, 4) is 11.6 Å². The van der Waals surface area contributed by atoms with E-state index in [-0.39, 0.29) is 30.5 Å². The zero-order valence-corrected chi connectivity index (χ0v) is 14.7. The van der Waals surface area contributed by atoms with Gasteiger partial charge in [0.1, 0.15) is 0 Å². The standard InChI is InChI=1S/C16H17N7O4/c1-16(2,15(25)26)23-9-10(8-19-23)20-11(24)4-5-12-21-14(22-27-12)13-17-6-3-7-18-13/h3,6-9H,4-5H2,1-2H3,(H,20,24)(H,25,26). The maximum Gasteiger partial charge on any atom is 0.331 e. The smallest absolute Gasteiger partial charge is 0.331 e. The van der Waals surface area contributed by atoms with Crippen LogP contribution in [0, 0.1) is 0 Å². The summed E-state index contributed by atoms with van der Waals surface area (Å²) in [5.41, 5.74) is -0.818. The molecular formula is C16H17N7O4. The molecule has 3 aromatic heterocycles. The largest absolute Gasteiger partial charge is 0.479 e. The second-order valence-corrected chi connectivity index (χ2v) is 6.17. The highest BCUT2D eigenvalue weighted by Crippen LogP contribution is 2.17. The second-order valence-electron chi connectivity index (χ2n) is 6.17. The van der Waals surface area contributed by atoms with Crippen molar-refractivity contribution in [3.63, 3.8) is 0 Å². The summed E-state index contributed by atoms with van der Waals surface area (Å²) in [6.07, 6.45) is 6.32. The fraction of sp³-hybridized carbons (Fsp3) is 0.312. The molecule has 0 fully saturated rings. The molecule has 0 atom stereocenters. The quantitative estimate of drug-likeness (QED) is 0.622. The first kappa shape index (κ1) is 18.2. The maximum atomic E-state index is 12.1. The summed E-state index contributed by atoms with van der Waals surface area (Å²) in [4.78, 5) is 35.5. The van der Waals surface area contributed by atoms with E-state index < -0.39 is 11.5 Å². The number of hydrogen-bond acceptors (Lipinski definition) is 8. The van der Waals surface area contributed by atoms with E-state index in [2.05, 4.69) is 30.5 Å². The van der Waals surface area contributed by atoms with Crippen molar-refractivity contribution in [2.75, 3.05) is 5.32 Å². The minimum absolute atomic E-state index is 0.102. The van der Waals surface area contributed by atoms with Gasteiger partial charge in [0.2, 0.25) is 23.4 Å². The van der Waals surface area contributed by atoms with Crippen molar-refractivity contribution in [2.45, 2.75) is 32.2 Å². The first-order valence-electron chi connectivity index (χ1n) is 8.04. The van der Waals surface area contributed by atoms with Gasteiger partial charge in [0.15, 0.2) is 5.54 Å². The summed E-state index contributed by atoms with van der Waals surface area (Å²) >= 11 is 0. The van der Waals surface area contributed by atoms with Crippen LogP contribution in [0.1, 0.15) is 26.2 Å². The van der Waals surface area contributed by atoms with Gasteiger partial charge in [-0.2, -0.15) is 10.1 Å². The van der Waals surface area contributed by atoms with E-state index in [4.69, 9.17) is 4.52 Å². The van der Waals surface area contributed by atoms with Gasteiger partial charge in [-0.1, -0.05) is 5.16 Å². The average molecular weight is 371 g/mol. The Morgan fingerprint density at radius 2 is 2.00 bits per heavy atom. The number of nitrogens with one attached hydrogen (secondary N) is 1. The van der Waals surface area contributed by atoms with Crippen LogP contribution in [0.2, 0.25) is 0 Å². The molecule has 0 unspecified atom stereocenters. The van der Waals surface area contributed by atoms with Gasteiger partial charge in [-0.25, -0.2) is 14.8 Å². The minimum atomic E-state index is -1.22. The molecule has 0 saturated carbocycles. The van der Waals surface area contributed by atoms with Crippen molar-refractivity contribution in [2.24, 2.45) is 0 Å². The van der Waals surface area contributed by atoms with Crippen LogP contribution in [0.25, 0.3) is 11.6 Å². The Morgan fingerprint density at radius 1 is 1.26 bits per heavy atom. The molecule has 3 rings (SSSR count). The van der Waals surface area contributed by atoms with Gasteiger partial charge in [-0.05, 0) is 19.9 Å². The normalized spacial score (nSPS) is 11.3. The third-order valence-electron chi connectivity index (χ3n) is 3.76. The van der Waals surface area contributed by atoms with E-state index in [0.717, 1.165) is 0 Å². The molecule has 0 saturated heterocycles. The molecule has 1 amide bonds. The lowest BCUT2D eigenvalue weighted by atomic mass is 10.1. The Labute approximate surface area is 153 Å². The third-order valence-corrected chi connectivity index (χ3v) is 3.76. The number of aliphatic carboxylic acids is 1. The highest BCUT2D eigenvalue weighted by molar-refractivity contribution is 5.90. The average Bonchev–Trinajstić information content (AvgIpc) is 3.30. The fourth-order valence-electron chi connectivity index (χ4n) is 2.10. The number of carbonyl (C=O) groups excluding carboxylic acids is 1. The fourth-order valence-corrected chi connectivity index (χ4v) is 2.10. The van der Waals surface area contributed by atoms with Gasteiger partial charge >= 0.3 is 5.97 Å². The molecule has 2 N–H and O–H groups in total. The summed E-state index contributed by atoms with van der Waals surface area (Å²) in [6, 6.07) is 1.68. The lowest BCUT2D eigenvalue weighted by Crippen LogP contribution is -2.35. The van der Waals surface area contributed by atoms with E-state index in [1.807, 2.05) is 0 Å². The monoisotopic (exact) mass is 371 g/mol. The van der Waals surface area contributed by atoms with Gasteiger partial charge in [-0.3, -0.25) is 9.48 Å². The highest BCUT2D eigenvalue weighted by atomic mass is 16.5. The van der Waals surface area contributed by atoms with E-state index in [9.17, 15) is 14.7 Å². The number of rotatable bonds is 7. The van der Waals surface area contributed by atoms with Gasteiger partial charge < -0.3 is 14.9 Å². The SMILES string of the molecule is CC(C)(C(=O)O)n1cc(NC(=O)CCc2nc(-c3ncccn3)no2)cn1. The number of aromatic nitrogens is 6. The molecule has 0 spiro atoms. The topological polar surface area (TPSA) is 149 Å². The van der Waals surface area contributed by atoms with Gasteiger partial charge in [0.25, 0.3) is 0 Å². The summed E-state index contributed by atoms with van der Waals surface area (Å²) in [5, 5.41) is 19.6. The Bertz CT molecular complexity index is 949. The van der Waals surface area contributed by atoms with Gasteiger partial charge in [-0.15, -0.1) is 0 Å². The Hall–Kier alpha value is -3.63. The van der Waals surface area contributed by atoms with Crippen LogP contribution >= 0.6 is 0 Å². The van der Waals surface area contributed by atoms with Crippen LogP contribution in [0.4, 0.5) is 5.69 Å². The number of hydrogen-bond donors (Lipinski definition) is 2. The van der Waals surface area contributed by atoms with Gasteiger partial charge in [0, 0.05) is 31.4 Å². The number of carbonyl (C=O) groups is 2. The summed E-state index contributed by atoms with van der Waals surface area (Å²) in [7, 11) is 0. The third kappa shape index (κ3) is 4.14. The van der Waals surface area contributed by atoms with E-state index in [0.29, 0.717) is 11.5 Å².